The van der Waals surface area contributed by atoms with E-state index in [4.69, 9.17) is 10.5 Å². The highest BCUT2D eigenvalue weighted by atomic mass is 16.5. The van der Waals surface area contributed by atoms with Crippen LogP contribution in [0.5, 0.6) is 5.75 Å². The molecule has 3 N–H and O–H groups in total. The van der Waals surface area contributed by atoms with Crippen molar-refractivity contribution in [2.45, 2.75) is 45.1 Å². The van der Waals surface area contributed by atoms with Crippen LogP contribution >= 0.6 is 0 Å². The molecule has 0 fully saturated rings. The first-order valence-electron chi connectivity index (χ1n) is 6.61. The van der Waals surface area contributed by atoms with Crippen molar-refractivity contribution >= 4 is 0 Å². The van der Waals surface area contributed by atoms with Gasteiger partial charge in [0.1, 0.15) is 5.75 Å². The monoisotopic (exact) mass is 251 g/mol. The van der Waals surface area contributed by atoms with Crippen LogP contribution in [0.4, 0.5) is 0 Å². The number of hydrogen-bond donors (Lipinski definition) is 2. The lowest BCUT2D eigenvalue weighted by molar-refractivity contribution is 0.250. The number of benzene rings is 1. The molecule has 0 aromatic heterocycles. The van der Waals surface area contributed by atoms with Crippen molar-refractivity contribution in [2.24, 2.45) is 5.73 Å². The SMILES string of the molecule is CCCOc1cccc(C(CCO)C(C)(C)N)c1. The summed E-state index contributed by atoms with van der Waals surface area (Å²) in [6.07, 6.45) is 1.66. The van der Waals surface area contributed by atoms with Crippen molar-refractivity contribution in [3.63, 3.8) is 0 Å². The molecule has 0 saturated heterocycles. The third-order valence-corrected chi connectivity index (χ3v) is 3.05. The molecule has 0 spiro atoms. The van der Waals surface area contributed by atoms with E-state index in [1.807, 2.05) is 38.1 Å². The van der Waals surface area contributed by atoms with Crippen LogP contribution in [0.1, 0.15) is 45.1 Å². The molecule has 1 aromatic carbocycles. The van der Waals surface area contributed by atoms with E-state index in [0.717, 1.165) is 24.3 Å². The molecule has 3 heteroatoms. The van der Waals surface area contributed by atoms with Crippen molar-refractivity contribution in [3.8, 4) is 5.75 Å². The van der Waals surface area contributed by atoms with Gasteiger partial charge in [-0.1, -0.05) is 19.1 Å². The third kappa shape index (κ3) is 4.31. The smallest absolute Gasteiger partial charge is 0.119 e. The molecular weight excluding hydrogens is 226 g/mol. The Labute approximate surface area is 110 Å². The summed E-state index contributed by atoms with van der Waals surface area (Å²) in [7, 11) is 0. The Hall–Kier alpha value is -1.06. The second kappa shape index (κ2) is 6.76. The second-order valence-electron chi connectivity index (χ2n) is 5.31. The number of rotatable bonds is 7. The Morgan fingerprint density at radius 1 is 1.39 bits per heavy atom. The standard InChI is InChI=1S/C15H25NO2/c1-4-10-18-13-7-5-6-12(11-13)14(8-9-17)15(2,3)16/h5-7,11,14,17H,4,8-10,16H2,1-3H3. The lowest BCUT2D eigenvalue weighted by Crippen LogP contribution is -2.39. The first kappa shape index (κ1) is 15.0. The van der Waals surface area contributed by atoms with Crippen molar-refractivity contribution in [1.29, 1.82) is 0 Å². The van der Waals surface area contributed by atoms with Gasteiger partial charge in [0.25, 0.3) is 0 Å². The molecule has 0 heterocycles. The van der Waals surface area contributed by atoms with Crippen LogP contribution in [0, 0.1) is 0 Å². The van der Waals surface area contributed by atoms with Crippen LogP contribution in [-0.4, -0.2) is 23.9 Å². The van der Waals surface area contributed by atoms with Gasteiger partial charge in [-0.25, -0.2) is 0 Å². The normalized spacial score (nSPS) is 13.4. The molecule has 0 aliphatic rings. The zero-order valence-corrected chi connectivity index (χ0v) is 11.6. The molecule has 0 saturated carbocycles. The zero-order valence-electron chi connectivity index (χ0n) is 11.6. The number of aliphatic hydroxyl groups is 1. The lowest BCUT2D eigenvalue weighted by atomic mass is 9.80. The second-order valence-corrected chi connectivity index (χ2v) is 5.31. The average Bonchev–Trinajstić information content (AvgIpc) is 2.32. The number of nitrogens with two attached hydrogens (primary N) is 1. The molecule has 0 aliphatic carbocycles. The molecule has 1 atom stereocenters. The summed E-state index contributed by atoms with van der Waals surface area (Å²) in [5.74, 6) is 1.01. The molecule has 1 rings (SSSR count). The predicted molar refractivity (Wildman–Crippen MR) is 74.9 cm³/mol. The topological polar surface area (TPSA) is 55.5 Å². The fourth-order valence-corrected chi connectivity index (χ4v) is 2.14. The maximum Gasteiger partial charge on any atom is 0.119 e. The van der Waals surface area contributed by atoms with Gasteiger partial charge in [-0.3, -0.25) is 0 Å². The summed E-state index contributed by atoms with van der Waals surface area (Å²) in [4.78, 5) is 0. The third-order valence-electron chi connectivity index (χ3n) is 3.05. The van der Waals surface area contributed by atoms with Crippen LogP contribution in [-0.2, 0) is 0 Å². The number of aliphatic hydroxyl groups excluding tert-OH is 1. The zero-order chi connectivity index (χ0) is 13.6. The van der Waals surface area contributed by atoms with Crippen LogP contribution < -0.4 is 10.5 Å². The molecular formula is C15H25NO2. The summed E-state index contributed by atoms with van der Waals surface area (Å²) in [6, 6.07) is 8.02. The minimum atomic E-state index is -0.355. The maximum atomic E-state index is 9.19. The summed E-state index contributed by atoms with van der Waals surface area (Å²) in [5.41, 5.74) is 6.97. The molecule has 0 amide bonds. The lowest BCUT2D eigenvalue weighted by Gasteiger charge is -2.30. The minimum absolute atomic E-state index is 0.132. The van der Waals surface area contributed by atoms with Gasteiger partial charge in [0.15, 0.2) is 0 Å². The molecule has 0 bridgehead atoms. The molecule has 18 heavy (non-hydrogen) atoms. The Morgan fingerprint density at radius 3 is 2.67 bits per heavy atom. The van der Waals surface area contributed by atoms with E-state index < -0.39 is 0 Å². The first-order valence-corrected chi connectivity index (χ1v) is 6.61. The van der Waals surface area contributed by atoms with Crippen molar-refractivity contribution in [2.75, 3.05) is 13.2 Å². The van der Waals surface area contributed by atoms with E-state index in [0.29, 0.717) is 6.42 Å². The fourth-order valence-electron chi connectivity index (χ4n) is 2.14. The van der Waals surface area contributed by atoms with Crippen molar-refractivity contribution < 1.29 is 9.84 Å². The van der Waals surface area contributed by atoms with Crippen LogP contribution in [0.25, 0.3) is 0 Å². The van der Waals surface area contributed by atoms with Gasteiger partial charge in [-0.05, 0) is 44.4 Å². The van der Waals surface area contributed by atoms with E-state index in [-0.39, 0.29) is 18.1 Å². The Kier molecular flexibility index (Phi) is 5.63. The summed E-state index contributed by atoms with van der Waals surface area (Å²) >= 11 is 0. The summed E-state index contributed by atoms with van der Waals surface area (Å²) in [6.45, 7) is 6.94. The van der Waals surface area contributed by atoms with E-state index >= 15 is 0 Å². The van der Waals surface area contributed by atoms with Crippen molar-refractivity contribution in [3.05, 3.63) is 29.8 Å². The maximum absolute atomic E-state index is 9.19. The van der Waals surface area contributed by atoms with E-state index in [9.17, 15) is 5.11 Å². The minimum Gasteiger partial charge on any atom is -0.494 e. The molecule has 102 valence electrons. The van der Waals surface area contributed by atoms with Gasteiger partial charge in [0.2, 0.25) is 0 Å². The van der Waals surface area contributed by atoms with Gasteiger partial charge in [-0.15, -0.1) is 0 Å². The van der Waals surface area contributed by atoms with E-state index in [1.165, 1.54) is 0 Å². The first-order chi connectivity index (χ1) is 8.49. The van der Waals surface area contributed by atoms with Crippen LogP contribution in [0.3, 0.4) is 0 Å². The largest absolute Gasteiger partial charge is 0.494 e. The average molecular weight is 251 g/mol. The van der Waals surface area contributed by atoms with Gasteiger partial charge in [0, 0.05) is 18.1 Å². The van der Waals surface area contributed by atoms with Crippen LogP contribution in [0.15, 0.2) is 24.3 Å². The van der Waals surface area contributed by atoms with Gasteiger partial charge in [0.05, 0.1) is 6.61 Å². The van der Waals surface area contributed by atoms with E-state index in [1.54, 1.807) is 0 Å². The van der Waals surface area contributed by atoms with Gasteiger partial charge >= 0.3 is 0 Å². The Bertz CT molecular complexity index is 358. The molecule has 3 nitrogen and oxygen atoms in total. The summed E-state index contributed by atoms with van der Waals surface area (Å²) in [5, 5.41) is 9.19. The van der Waals surface area contributed by atoms with Gasteiger partial charge < -0.3 is 15.6 Å². The summed E-state index contributed by atoms with van der Waals surface area (Å²) < 4.78 is 5.63. The number of hydrogen-bond acceptors (Lipinski definition) is 3. The molecule has 0 radical (unpaired) electrons. The Morgan fingerprint density at radius 2 is 2.11 bits per heavy atom. The highest BCUT2D eigenvalue weighted by Gasteiger charge is 2.26. The van der Waals surface area contributed by atoms with Gasteiger partial charge in [-0.2, -0.15) is 0 Å². The van der Waals surface area contributed by atoms with E-state index in [2.05, 4.69) is 6.92 Å². The highest BCUT2D eigenvalue weighted by molar-refractivity contribution is 5.32. The number of ether oxygens (including phenoxy) is 1. The Balaban J connectivity index is 2.91. The fraction of sp³-hybridized carbons (Fsp3) is 0.600. The molecule has 1 unspecified atom stereocenters. The van der Waals surface area contributed by atoms with Crippen LogP contribution in [0.2, 0.25) is 0 Å². The molecule has 1 aromatic rings. The predicted octanol–water partition coefficient (Wildman–Crippen LogP) is 2.68. The molecule has 0 aliphatic heterocycles. The highest BCUT2D eigenvalue weighted by Crippen LogP contribution is 2.31. The quantitative estimate of drug-likeness (QED) is 0.783. The van der Waals surface area contributed by atoms with Crippen molar-refractivity contribution in [1.82, 2.24) is 0 Å².